The minimum Gasteiger partial charge on any atom is -0.379 e. The van der Waals surface area contributed by atoms with Crippen LogP contribution in [0.4, 0.5) is 0 Å². The maximum atomic E-state index is 12.2. The second kappa shape index (κ2) is 8.47. The number of rotatable bonds is 6. The van der Waals surface area contributed by atoms with Crippen LogP contribution in [0.15, 0.2) is 41.2 Å². The van der Waals surface area contributed by atoms with Gasteiger partial charge in [0.2, 0.25) is 15.9 Å². The summed E-state index contributed by atoms with van der Waals surface area (Å²) in [7, 11) is -3.42. The van der Waals surface area contributed by atoms with Crippen LogP contribution in [0.5, 0.6) is 0 Å². The minimum atomic E-state index is -3.42. The Hall–Kier alpha value is -2.49. The molecule has 0 spiro atoms. The number of hydrogen-bond acceptors (Lipinski definition) is 5. The number of aromatic amines is 1. The molecule has 1 aliphatic heterocycles. The number of benzene rings is 1. The van der Waals surface area contributed by atoms with E-state index in [2.05, 4.69) is 10.3 Å². The number of morpholine rings is 1. The predicted octanol–water partition coefficient (Wildman–Crippen LogP) is 0.320. The van der Waals surface area contributed by atoms with Crippen molar-refractivity contribution in [2.24, 2.45) is 0 Å². The fraction of sp³-hybridized carbons (Fsp3) is 0.333. The van der Waals surface area contributed by atoms with Gasteiger partial charge in [-0.05, 0) is 23.6 Å². The summed E-state index contributed by atoms with van der Waals surface area (Å²) in [6, 6.07) is 9.04. The van der Waals surface area contributed by atoms with Crippen LogP contribution in [0.2, 0.25) is 0 Å². The number of fused-ring (bicyclic) bond motifs is 1. The molecule has 2 aromatic rings. The van der Waals surface area contributed by atoms with Crippen molar-refractivity contribution in [2.75, 3.05) is 38.6 Å². The second-order valence-electron chi connectivity index (χ2n) is 6.09. The Balaban J connectivity index is 1.56. The predicted molar refractivity (Wildman–Crippen MR) is 103 cm³/mol. The zero-order valence-electron chi connectivity index (χ0n) is 14.7. The molecule has 1 aliphatic rings. The second-order valence-corrected chi connectivity index (χ2v) is 8.18. The van der Waals surface area contributed by atoms with Gasteiger partial charge in [-0.15, -0.1) is 0 Å². The molecule has 1 saturated heterocycles. The molecular weight excluding hydrogens is 370 g/mol. The first kappa shape index (κ1) is 19.3. The van der Waals surface area contributed by atoms with Gasteiger partial charge in [0.1, 0.15) is 0 Å². The van der Waals surface area contributed by atoms with E-state index in [1.165, 1.54) is 16.5 Å². The van der Waals surface area contributed by atoms with E-state index in [0.29, 0.717) is 31.9 Å². The van der Waals surface area contributed by atoms with Crippen molar-refractivity contribution >= 4 is 32.9 Å². The Morgan fingerprint density at radius 2 is 2.00 bits per heavy atom. The van der Waals surface area contributed by atoms with Crippen LogP contribution in [0.25, 0.3) is 17.0 Å². The van der Waals surface area contributed by atoms with Crippen molar-refractivity contribution < 1.29 is 17.9 Å². The molecule has 0 atom stereocenters. The number of nitrogens with zero attached hydrogens (tertiary/aromatic N) is 1. The largest absolute Gasteiger partial charge is 0.379 e. The quantitative estimate of drug-likeness (QED) is 0.690. The summed E-state index contributed by atoms with van der Waals surface area (Å²) in [6.45, 7) is 1.43. The standard InChI is InChI=1S/C18H21N3O5S/c22-17(19-7-12-27(24,25)21-8-10-26-11-9-21)6-5-15-13-14-3-1-2-4-16(14)20-18(15)23/h1-6,13H,7-12H2,(H,19,22)(H,20,23)/b6-5+. The van der Waals surface area contributed by atoms with Crippen molar-refractivity contribution in [3.63, 3.8) is 0 Å². The number of sulfonamides is 1. The van der Waals surface area contributed by atoms with Crippen LogP contribution in [-0.2, 0) is 19.6 Å². The highest BCUT2D eigenvalue weighted by Gasteiger charge is 2.23. The van der Waals surface area contributed by atoms with Gasteiger partial charge in [0.15, 0.2) is 0 Å². The molecule has 0 bridgehead atoms. The van der Waals surface area contributed by atoms with Crippen LogP contribution >= 0.6 is 0 Å². The summed E-state index contributed by atoms with van der Waals surface area (Å²) < 4.78 is 30.8. The van der Waals surface area contributed by atoms with Gasteiger partial charge in [-0.3, -0.25) is 9.59 Å². The zero-order chi connectivity index (χ0) is 19.3. The maximum absolute atomic E-state index is 12.2. The topological polar surface area (TPSA) is 109 Å². The average Bonchev–Trinajstić information content (AvgIpc) is 2.67. The first-order chi connectivity index (χ1) is 13.0. The number of aromatic nitrogens is 1. The van der Waals surface area contributed by atoms with Crippen LogP contribution in [0.3, 0.4) is 0 Å². The molecular formula is C18H21N3O5S. The molecule has 1 aromatic heterocycles. The van der Waals surface area contributed by atoms with Gasteiger partial charge < -0.3 is 15.0 Å². The van der Waals surface area contributed by atoms with E-state index < -0.39 is 15.9 Å². The molecule has 2 heterocycles. The van der Waals surface area contributed by atoms with E-state index in [0.717, 1.165) is 10.9 Å². The van der Waals surface area contributed by atoms with Gasteiger partial charge in [-0.25, -0.2) is 8.42 Å². The number of para-hydroxylation sites is 1. The monoisotopic (exact) mass is 391 g/mol. The van der Waals surface area contributed by atoms with Crippen LogP contribution in [0, 0.1) is 0 Å². The third-order valence-corrected chi connectivity index (χ3v) is 6.09. The number of carbonyl (C=O) groups excluding carboxylic acids is 1. The lowest BCUT2D eigenvalue weighted by Gasteiger charge is -2.25. The molecule has 3 rings (SSSR count). The van der Waals surface area contributed by atoms with Gasteiger partial charge >= 0.3 is 0 Å². The Kier molecular flexibility index (Phi) is 6.04. The van der Waals surface area contributed by atoms with Crippen LogP contribution in [-0.4, -0.2) is 62.2 Å². The Bertz CT molecular complexity index is 1010. The number of pyridine rings is 1. The van der Waals surface area contributed by atoms with Gasteiger partial charge in [0.05, 0.1) is 19.0 Å². The van der Waals surface area contributed by atoms with E-state index in [9.17, 15) is 18.0 Å². The number of hydrogen-bond donors (Lipinski definition) is 2. The first-order valence-corrected chi connectivity index (χ1v) is 10.2. The summed E-state index contributed by atoms with van der Waals surface area (Å²) in [4.78, 5) is 26.7. The summed E-state index contributed by atoms with van der Waals surface area (Å²) in [5.41, 5.74) is 0.773. The van der Waals surface area contributed by atoms with Crippen molar-refractivity contribution in [3.8, 4) is 0 Å². The molecule has 144 valence electrons. The molecule has 8 nitrogen and oxygen atoms in total. The smallest absolute Gasteiger partial charge is 0.255 e. The molecule has 1 amide bonds. The lowest BCUT2D eigenvalue weighted by atomic mass is 10.1. The normalized spacial score (nSPS) is 16.0. The third kappa shape index (κ3) is 5.03. The molecule has 1 aromatic carbocycles. The zero-order valence-corrected chi connectivity index (χ0v) is 15.5. The summed E-state index contributed by atoms with van der Waals surface area (Å²) >= 11 is 0. The summed E-state index contributed by atoms with van der Waals surface area (Å²) in [5, 5.41) is 3.39. The van der Waals surface area contributed by atoms with E-state index in [1.54, 1.807) is 12.1 Å². The number of carbonyl (C=O) groups is 1. The Morgan fingerprint density at radius 1 is 1.26 bits per heavy atom. The van der Waals surface area contributed by atoms with Crippen LogP contribution < -0.4 is 10.9 Å². The fourth-order valence-corrected chi connectivity index (χ4v) is 4.09. The van der Waals surface area contributed by atoms with Gasteiger partial charge in [0.25, 0.3) is 5.56 Å². The van der Waals surface area contributed by atoms with E-state index in [-0.39, 0.29) is 17.9 Å². The number of nitrogens with one attached hydrogen (secondary N) is 2. The molecule has 0 aliphatic carbocycles. The number of H-pyrrole nitrogens is 1. The van der Waals surface area contributed by atoms with Crippen molar-refractivity contribution in [1.82, 2.24) is 14.6 Å². The fourth-order valence-electron chi connectivity index (χ4n) is 2.77. The van der Waals surface area contributed by atoms with E-state index in [4.69, 9.17) is 4.74 Å². The highest BCUT2D eigenvalue weighted by molar-refractivity contribution is 7.89. The number of ether oxygens (including phenoxy) is 1. The third-order valence-electron chi connectivity index (χ3n) is 4.22. The van der Waals surface area contributed by atoms with Crippen molar-refractivity contribution in [1.29, 1.82) is 0 Å². The van der Waals surface area contributed by atoms with Crippen molar-refractivity contribution in [2.45, 2.75) is 0 Å². The Labute approximate surface area is 156 Å². The lowest BCUT2D eigenvalue weighted by Crippen LogP contribution is -2.43. The van der Waals surface area contributed by atoms with E-state index in [1.807, 2.05) is 18.2 Å². The summed E-state index contributed by atoms with van der Waals surface area (Å²) in [5.74, 6) is -0.636. The molecule has 2 N–H and O–H groups in total. The first-order valence-electron chi connectivity index (χ1n) is 8.59. The van der Waals surface area contributed by atoms with E-state index >= 15 is 0 Å². The number of amides is 1. The Morgan fingerprint density at radius 3 is 2.78 bits per heavy atom. The molecule has 1 fully saturated rings. The highest BCUT2D eigenvalue weighted by atomic mass is 32.2. The molecule has 0 unspecified atom stereocenters. The van der Waals surface area contributed by atoms with Gasteiger partial charge in [-0.2, -0.15) is 4.31 Å². The molecule has 0 radical (unpaired) electrons. The van der Waals surface area contributed by atoms with Crippen molar-refractivity contribution in [3.05, 3.63) is 52.3 Å². The highest BCUT2D eigenvalue weighted by Crippen LogP contribution is 2.10. The lowest BCUT2D eigenvalue weighted by molar-refractivity contribution is -0.116. The maximum Gasteiger partial charge on any atom is 0.255 e. The molecule has 9 heteroatoms. The average molecular weight is 391 g/mol. The molecule has 27 heavy (non-hydrogen) atoms. The van der Waals surface area contributed by atoms with Gasteiger partial charge in [0, 0.05) is 36.8 Å². The van der Waals surface area contributed by atoms with Crippen LogP contribution in [0.1, 0.15) is 5.56 Å². The summed E-state index contributed by atoms with van der Waals surface area (Å²) in [6.07, 6.45) is 2.64. The van der Waals surface area contributed by atoms with Gasteiger partial charge in [-0.1, -0.05) is 18.2 Å². The minimum absolute atomic E-state index is 0.00303. The SMILES string of the molecule is O=C(/C=C/c1cc2ccccc2[nH]c1=O)NCCS(=O)(=O)N1CCOCC1. The molecule has 0 saturated carbocycles.